The molecule has 1 fully saturated rings. The number of nitrogens with one attached hydrogen (secondary N) is 1. The first-order valence-electron chi connectivity index (χ1n) is 7.64. The molecule has 0 aromatic carbocycles. The maximum atomic E-state index is 11.9. The second-order valence-electron chi connectivity index (χ2n) is 5.54. The summed E-state index contributed by atoms with van der Waals surface area (Å²) < 4.78 is 0. The molecule has 22 heavy (non-hydrogen) atoms. The van der Waals surface area contributed by atoms with Crippen molar-refractivity contribution in [2.24, 2.45) is 0 Å². The molecule has 2 heterocycles. The van der Waals surface area contributed by atoms with E-state index in [0.29, 0.717) is 18.8 Å². The van der Waals surface area contributed by atoms with Crippen LogP contribution < -0.4 is 10.2 Å². The quantitative estimate of drug-likeness (QED) is 0.885. The summed E-state index contributed by atoms with van der Waals surface area (Å²) in [6, 6.07) is 0.119. The third kappa shape index (κ3) is 3.93. The standard InChI is InChI=1S/C15H23N5O2/c1-4-11(2)18-15(22)13-9-17-14(10-16-13)20-7-5-19(6-8-20)12(3)21/h9-11H,4-8H2,1-3H3,(H,18,22). The maximum Gasteiger partial charge on any atom is 0.271 e. The van der Waals surface area contributed by atoms with Gasteiger partial charge in [0.1, 0.15) is 11.5 Å². The molecule has 1 saturated heterocycles. The highest BCUT2D eigenvalue weighted by atomic mass is 16.2. The van der Waals surface area contributed by atoms with E-state index < -0.39 is 0 Å². The Morgan fingerprint density at radius 1 is 1.23 bits per heavy atom. The summed E-state index contributed by atoms with van der Waals surface area (Å²) in [4.78, 5) is 35.7. The molecule has 7 nitrogen and oxygen atoms in total. The van der Waals surface area contributed by atoms with E-state index in [9.17, 15) is 9.59 Å². The van der Waals surface area contributed by atoms with Gasteiger partial charge in [-0.15, -0.1) is 0 Å². The second kappa shape index (κ2) is 7.20. The largest absolute Gasteiger partial charge is 0.352 e. The lowest BCUT2D eigenvalue weighted by Gasteiger charge is -2.34. The highest BCUT2D eigenvalue weighted by molar-refractivity contribution is 5.92. The number of amides is 2. The normalized spacial score (nSPS) is 16.3. The fourth-order valence-electron chi connectivity index (χ4n) is 2.25. The molecule has 0 aliphatic carbocycles. The molecule has 1 N–H and O–H groups in total. The smallest absolute Gasteiger partial charge is 0.271 e. The Bertz CT molecular complexity index is 523. The lowest BCUT2D eigenvalue weighted by molar-refractivity contribution is -0.129. The molecule has 0 radical (unpaired) electrons. The molecule has 2 amide bonds. The molecule has 120 valence electrons. The van der Waals surface area contributed by atoms with Crippen molar-refractivity contribution in [3.05, 3.63) is 18.1 Å². The van der Waals surface area contributed by atoms with Crippen molar-refractivity contribution in [2.75, 3.05) is 31.1 Å². The Morgan fingerprint density at radius 3 is 2.41 bits per heavy atom. The number of carbonyl (C=O) groups excluding carboxylic acids is 2. The third-order valence-electron chi connectivity index (χ3n) is 3.91. The van der Waals surface area contributed by atoms with Gasteiger partial charge in [-0.1, -0.05) is 6.92 Å². The van der Waals surface area contributed by atoms with Crippen molar-refractivity contribution in [3.63, 3.8) is 0 Å². The summed E-state index contributed by atoms with van der Waals surface area (Å²) in [5.74, 6) is 0.640. The van der Waals surface area contributed by atoms with E-state index in [0.717, 1.165) is 25.3 Å². The van der Waals surface area contributed by atoms with Crippen molar-refractivity contribution in [1.29, 1.82) is 0 Å². The number of aromatic nitrogens is 2. The maximum absolute atomic E-state index is 11.9. The van der Waals surface area contributed by atoms with E-state index in [4.69, 9.17) is 0 Å². The second-order valence-corrected chi connectivity index (χ2v) is 5.54. The lowest BCUT2D eigenvalue weighted by atomic mass is 10.2. The fraction of sp³-hybridized carbons (Fsp3) is 0.600. The Morgan fingerprint density at radius 2 is 1.91 bits per heavy atom. The van der Waals surface area contributed by atoms with Crippen molar-refractivity contribution in [3.8, 4) is 0 Å². The topological polar surface area (TPSA) is 78.4 Å². The SMILES string of the molecule is CCC(C)NC(=O)c1cnc(N2CCN(C(C)=O)CC2)cn1. The van der Waals surface area contributed by atoms with E-state index in [1.165, 1.54) is 6.20 Å². The van der Waals surface area contributed by atoms with Gasteiger partial charge < -0.3 is 15.1 Å². The van der Waals surface area contributed by atoms with Gasteiger partial charge in [0.2, 0.25) is 5.91 Å². The number of rotatable bonds is 4. The van der Waals surface area contributed by atoms with Crippen LogP contribution in [0.25, 0.3) is 0 Å². The van der Waals surface area contributed by atoms with Gasteiger partial charge >= 0.3 is 0 Å². The zero-order chi connectivity index (χ0) is 16.1. The fourth-order valence-corrected chi connectivity index (χ4v) is 2.25. The minimum atomic E-state index is -0.199. The number of carbonyl (C=O) groups is 2. The molecule has 0 saturated carbocycles. The van der Waals surface area contributed by atoms with Crippen LogP contribution in [0.5, 0.6) is 0 Å². The monoisotopic (exact) mass is 305 g/mol. The zero-order valence-electron chi connectivity index (χ0n) is 13.4. The Kier molecular flexibility index (Phi) is 5.30. The molecule has 0 spiro atoms. The van der Waals surface area contributed by atoms with Crippen LogP contribution in [0, 0.1) is 0 Å². The zero-order valence-corrected chi connectivity index (χ0v) is 13.4. The van der Waals surface area contributed by atoms with Gasteiger partial charge in [0, 0.05) is 39.1 Å². The van der Waals surface area contributed by atoms with Crippen LogP contribution in [0.3, 0.4) is 0 Å². The molecule has 1 aliphatic heterocycles. The Hall–Kier alpha value is -2.18. The molecule has 1 aromatic heterocycles. The van der Waals surface area contributed by atoms with Crippen LogP contribution in [0.2, 0.25) is 0 Å². The van der Waals surface area contributed by atoms with E-state index >= 15 is 0 Å². The molecule has 1 aromatic rings. The molecule has 7 heteroatoms. The van der Waals surface area contributed by atoms with Crippen LogP contribution in [0.1, 0.15) is 37.7 Å². The Labute approximate surface area is 130 Å². The first kappa shape index (κ1) is 16.2. The Balaban J connectivity index is 1.95. The van der Waals surface area contributed by atoms with Gasteiger partial charge in [-0.05, 0) is 13.3 Å². The molecular formula is C15H23N5O2. The lowest BCUT2D eigenvalue weighted by Crippen LogP contribution is -2.48. The summed E-state index contributed by atoms with van der Waals surface area (Å²) in [7, 11) is 0. The van der Waals surface area contributed by atoms with Crippen LogP contribution in [-0.2, 0) is 4.79 Å². The van der Waals surface area contributed by atoms with E-state index in [1.54, 1.807) is 13.1 Å². The predicted molar refractivity (Wildman–Crippen MR) is 83.7 cm³/mol. The molecule has 0 bridgehead atoms. The average Bonchev–Trinajstić information content (AvgIpc) is 2.55. The number of anilines is 1. The number of nitrogens with zero attached hydrogens (tertiary/aromatic N) is 4. The third-order valence-corrected chi connectivity index (χ3v) is 3.91. The highest BCUT2D eigenvalue weighted by Gasteiger charge is 2.20. The molecule has 1 atom stereocenters. The number of hydrogen-bond donors (Lipinski definition) is 1. The number of piperazine rings is 1. The van der Waals surface area contributed by atoms with Crippen LogP contribution in [-0.4, -0.2) is 58.9 Å². The van der Waals surface area contributed by atoms with Gasteiger partial charge in [0.05, 0.1) is 12.4 Å². The molecule has 2 rings (SSSR count). The first-order valence-corrected chi connectivity index (χ1v) is 7.64. The molecular weight excluding hydrogens is 282 g/mol. The highest BCUT2D eigenvalue weighted by Crippen LogP contribution is 2.12. The molecule has 1 unspecified atom stereocenters. The van der Waals surface area contributed by atoms with Gasteiger partial charge in [-0.2, -0.15) is 0 Å². The van der Waals surface area contributed by atoms with Gasteiger partial charge in [0.15, 0.2) is 0 Å². The van der Waals surface area contributed by atoms with Gasteiger partial charge in [0.25, 0.3) is 5.91 Å². The summed E-state index contributed by atoms with van der Waals surface area (Å²) in [6.45, 7) is 8.38. The van der Waals surface area contributed by atoms with Gasteiger partial charge in [-0.3, -0.25) is 9.59 Å². The number of hydrogen-bond acceptors (Lipinski definition) is 5. The van der Waals surface area contributed by atoms with Gasteiger partial charge in [-0.25, -0.2) is 9.97 Å². The van der Waals surface area contributed by atoms with E-state index in [-0.39, 0.29) is 17.9 Å². The van der Waals surface area contributed by atoms with Crippen molar-refractivity contribution in [2.45, 2.75) is 33.2 Å². The summed E-state index contributed by atoms with van der Waals surface area (Å²) >= 11 is 0. The predicted octanol–water partition coefficient (Wildman–Crippen LogP) is 0.673. The summed E-state index contributed by atoms with van der Waals surface area (Å²) in [6.07, 6.45) is 4.00. The van der Waals surface area contributed by atoms with Crippen LogP contribution >= 0.6 is 0 Å². The van der Waals surface area contributed by atoms with E-state index in [2.05, 4.69) is 20.2 Å². The summed E-state index contributed by atoms with van der Waals surface area (Å²) in [5, 5.41) is 2.86. The van der Waals surface area contributed by atoms with Crippen LogP contribution in [0.4, 0.5) is 5.82 Å². The molecule has 1 aliphatic rings. The van der Waals surface area contributed by atoms with Crippen LogP contribution in [0.15, 0.2) is 12.4 Å². The van der Waals surface area contributed by atoms with E-state index in [1.807, 2.05) is 18.7 Å². The first-order chi connectivity index (χ1) is 10.5. The minimum absolute atomic E-state index is 0.0998. The summed E-state index contributed by atoms with van der Waals surface area (Å²) in [5.41, 5.74) is 0.325. The van der Waals surface area contributed by atoms with Crippen molar-refractivity contribution >= 4 is 17.6 Å². The average molecular weight is 305 g/mol. The van der Waals surface area contributed by atoms with Crippen molar-refractivity contribution < 1.29 is 9.59 Å². The van der Waals surface area contributed by atoms with Crippen molar-refractivity contribution in [1.82, 2.24) is 20.2 Å². The minimum Gasteiger partial charge on any atom is -0.352 e.